The number of fused-ring (bicyclic) bond motifs is 1. The summed E-state index contributed by atoms with van der Waals surface area (Å²) in [7, 11) is 0. The Morgan fingerprint density at radius 1 is 1.56 bits per heavy atom. The molecule has 1 aliphatic heterocycles. The molecule has 3 N–H and O–H groups in total. The third-order valence-corrected chi connectivity index (χ3v) is 2.42. The highest BCUT2D eigenvalue weighted by molar-refractivity contribution is 5.94. The number of aliphatic imine (C=N–C) groups is 1. The maximum absolute atomic E-state index is 11.2. The number of nitrogens with zero attached hydrogens (tertiary/aromatic N) is 1. The van der Waals surface area contributed by atoms with Crippen molar-refractivity contribution in [3.8, 4) is 5.75 Å². The average Bonchev–Trinajstić information content (AvgIpc) is 2.36. The third-order valence-electron chi connectivity index (χ3n) is 2.42. The number of carbonyl (C=O) groups is 1. The zero-order valence-corrected chi connectivity index (χ0v) is 10.1. The minimum atomic E-state index is -0.379. The highest BCUT2D eigenvalue weighted by Gasteiger charge is 2.11. The van der Waals surface area contributed by atoms with Crippen molar-refractivity contribution in [3.63, 3.8) is 0 Å². The van der Waals surface area contributed by atoms with E-state index in [0.717, 1.165) is 11.3 Å². The lowest BCUT2D eigenvalue weighted by molar-refractivity contribution is -0.145. The number of hydrogen-bond donors (Lipinski definition) is 2. The number of ether oxygens (including phenoxy) is 2. The molecular weight excluding hydrogens is 234 g/mol. The number of guanidine groups is 1. The highest BCUT2D eigenvalue weighted by atomic mass is 16.6. The molecule has 96 valence electrons. The van der Waals surface area contributed by atoms with Crippen molar-refractivity contribution in [2.75, 3.05) is 18.5 Å². The summed E-state index contributed by atoms with van der Waals surface area (Å²) in [5, 5.41) is 2.95. The third kappa shape index (κ3) is 2.91. The van der Waals surface area contributed by atoms with Crippen molar-refractivity contribution in [3.05, 3.63) is 23.8 Å². The van der Waals surface area contributed by atoms with Gasteiger partial charge in [0, 0.05) is 11.3 Å². The van der Waals surface area contributed by atoms with Gasteiger partial charge in [-0.1, -0.05) is 0 Å². The largest absolute Gasteiger partial charge is 0.482 e. The van der Waals surface area contributed by atoms with E-state index >= 15 is 0 Å². The molecule has 6 heteroatoms. The van der Waals surface area contributed by atoms with Gasteiger partial charge >= 0.3 is 5.97 Å². The van der Waals surface area contributed by atoms with Crippen molar-refractivity contribution >= 4 is 17.6 Å². The normalized spacial score (nSPS) is 13.1. The van der Waals surface area contributed by atoms with Crippen LogP contribution < -0.4 is 15.8 Å². The molecule has 2 rings (SSSR count). The molecule has 0 aromatic heterocycles. The molecule has 1 aromatic carbocycles. The Labute approximate surface area is 105 Å². The second kappa shape index (κ2) is 5.39. The zero-order chi connectivity index (χ0) is 13.0. The lowest BCUT2D eigenvalue weighted by atomic mass is 10.1. The predicted octanol–water partition coefficient (Wildman–Crippen LogP) is 0.869. The van der Waals surface area contributed by atoms with Gasteiger partial charge in [0.1, 0.15) is 5.75 Å². The smallest absolute Gasteiger partial charge is 0.344 e. The fraction of sp³-hybridized carbons (Fsp3) is 0.333. The number of nitrogens with two attached hydrogens (primary N) is 1. The van der Waals surface area contributed by atoms with Crippen molar-refractivity contribution in [2.24, 2.45) is 10.7 Å². The molecule has 0 saturated carbocycles. The van der Waals surface area contributed by atoms with Gasteiger partial charge in [0.2, 0.25) is 0 Å². The number of nitrogens with one attached hydrogen (secondary N) is 1. The van der Waals surface area contributed by atoms with Gasteiger partial charge in [-0.2, -0.15) is 0 Å². The first-order chi connectivity index (χ1) is 8.69. The molecule has 0 atom stereocenters. The van der Waals surface area contributed by atoms with Gasteiger partial charge < -0.3 is 20.5 Å². The van der Waals surface area contributed by atoms with Gasteiger partial charge in [-0.05, 0) is 25.1 Å². The summed E-state index contributed by atoms with van der Waals surface area (Å²) in [6.07, 6.45) is 0. The number of anilines is 1. The summed E-state index contributed by atoms with van der Waals surface area (Å²) in [6, 6.07) is 5.44. The molecule has 1 aromatic rings. The highest BCUT2D eigenvalue weighted by Crippen LogP contribution is 2.25. The minimum absolute atomic E-state index is 0.0918. The predicted molar refractivity (Wildman–Crippen MR) is 67.5 cm³/mol. The van der Waals surface area contributed by atoms with Gasteiger partial charge in [0.05, 0.1) is 13.2 Å². The molecule has 0 aliphatic carbocycles. The summed E-state index contributed by atoms with van der Waals surface area (Å²) in [5.74, 6) is 0.637. The molecule has 0 spiro atoms. The molecule has 0 amide bonds. The van der Waals surface area contributed by atoms with Crippen LogP contribution in [0.4, 0.5) is 5.69 Å². The van der Waals surface area contributed by atoms with E-state index < -0.39 is 0 Å². The van der Waals surface area contributed by atoms with Crippen LogP contribution in [0.2, 0.25) is 0 Å². The molecule has 0 radical (unpaired) electrons. The fourth-order valence-corrected chi connectivity index (χ4v) is 1.61. The van der Waals surface area contributed by atoms with Gasteiger partial charge in [-0.15, -0.1) is 0 Å². The molecule has 0 unspecified atom stereocenters. The van der Waals surface area contributed by atoms with E-state index in [2.05, 4.69) is 10.3 Å². The van der Waals surface area contributed by atoms with Crippen LogP contribution in [0.1, 0.15) is 12.5 Å². The van der Waals surface area contributed by atoms with Crippen LogP contribution in [0.3, 0.4) is 0 Å². The Bertz CT molecular complexity index is 485. The monoisotopic (exact) mass is 249 g/mol. The van der Waals surface area contributed by atoms with Gasteiger partial charge in [-0.25, -0.2) is 9.79 Å². The van der Waals surface area contributed by atoms with Crippen LogP contribution in [0.15, 0.2) is 23.2 Å². The van der Waals surface area contributed by atoms with Crippen molar-refractivity contribution in [1.82, 2.24) is 0 Å². The van der Waals surface area contributed by atoms with Crippen molar-refractivity contribution < 1.29 is 14.3 Å². The van der Waals surface area contributed by atoms with Gasteiger partial charge in [0.15, 0.2) is 12.6 Å². The van der Waals surface area contributed by atoms with Crippen LogP contribution in [-0.2, 0) is 16.1 Å². The summed E-state index contributed by atoms with van der Waals surface area (Å²) < 4.78 is 10.1. The van der Waals surface area contributed by atoms with Crippen LogP contribution >= 0.6 is 0 Å². The first-order valence-electron chi connectivity index (χ1n) is 5.67. The maximum Gasteiger partial charge on any atom is 0.344 e. The first-order valence-corrected chi connectivity index (χ1v) is 5.67. The topological polar surface area (TPSA) is 85.9 Å². The molecule has 0 fully saturated rings. The minimum Gasteiger partial charge on any atom is -0.482 e. The summed E-state index contributed by atoms with van der Waals surface area (Å²) >= 11 is 0. The summed E-state index contributed by atoms with van der Waals surface area (Å²) in [5.41, 5.74) is 7.45. The van der Waals surface area contributed by atoms with E-state index in [0.29, 0.717) is 24.9 Å². The summed E-state index contributed by atoms with van der Waals surface area (Å²) in [4.78, 5) is 15.2. The summed E-state index contributed by atoms with van der Waals surface area (Å²) in [6.45, 7) is 2.52. The van der Waals surface area contributed by atoms with Gasteiger partial charge in [0.25, 0.3) is 0 Å². The van der Waals surface area contributed by atoms with E-state index in [1.165, 1.54) is 0 Å². The maximum atomic E-state index is 11.2. The Balaban J connectivity index is 1.99. The quantitative estimate of drug-likeness (QED) is 0.773. The van der Waals surface area contributed by atoms with E-state index in [1.54, 1.807) is 13.0 Å². The SMILES string of the molecule is CCOC(=O)COc1ccc2c(c1)CN=C(N)N2. The lowest BCUT2D eigenvalue weighted by Gasteiger charge is -2.16. The number of esters is 1. The van der Waals surface area contributed by atoms with Crippen molar-refractivity contribution in [1.29, 1.82) is 0 Å². The molecule has 1 aliphatic rings. The molecule has 1 heterocycles. The Kier molecular flexibility index (Phi) is 3.66. The van der Waals surface area contributed by atoms with Crippen LogP contribution in [0, 0.1) is 0 Å². The van der Waals surface area contributed by atoms with Crippen LogP contribution in [0.25, 0.3) is 0 Å². The average molecular weight is 249 g/mol. The number of rotatable bonds is 4. The standard InChI is InChI=1S/C12H15N3O3/c1-2-17-11(16)7-18-9-3-4-10-8(5-9)6-14-12(13)15-10/h3-5H,2,6-7H2,1H3,(H3,13,14,15). The molecule has 18 heavy (non-hydrogen) atoms. The van der Waals surface area contributed by atoms with Crippen molar-refractivity contribution in [2.45, 2.75) is 13.5 Å². The second-order valence-corrected chi connectivity index (χ2v) is 3.74. The molecule has 0 bridgehead atoms. The number of carbonyl (C=O) groups excluding carboxylic acids is 1. The van der Waals surface area contributed by atoms with Crippen LogP contribution in [-0.4, -0.2) is 25.1 Å². The molecular formula is C12H15N3O3. The number of hydrogen-bond acceptors (Lipinski definition) is 6. The molecule has 0 saturated heterocycles. The Morgan fingerprint density at radius 3 is 3.17 bits per heavy atom. The Morgan fingerprint density at radius 2 is 2.39 bits per heavy atom. The zero-order valence-electron chi connectivity index (χ0n) is 10.1. The lowest BCUT2D eigenvalue weighted by Crippen LogP contribution is -2.26. The first kappa shape index (κ1) is 12.2. The number of benzene rings is 1. The van der Waals surface area contributed by atoms with E-state index in [9.17, 15) is 4.79 Å². The van der Waals surface area contributed by atoms with E-state index in [4.69, 9.17) is 15.2 Å². The van der Waals surface area contributed by atoms with Crippen LogP contribution in [0.5, 0.6) is 5.75 Å². The van der Waals surface area contributed by atoms with E-state index in [-0.39, 0.29) is 12.6 Å². The van der Waals surface area contributed by atoms with E-state index in [1.807, 2.05) is 12.1 Å². The second-order valence-electron chi connectivity index (χ2n) is 3.74. The Hall–Kier alpha value is -2.24. The van der Waals surface area contributed by atoms with Gasteiger partial charge in [-0.3, -0.25) is 0 Å². The molecule has 6 nitrogen and oxygen atoms in total. The fourth-order valence-electron chi connectivity index (χ4n) is 1.61.